The zero-order chi connectivity index (χ0) is 13.3. The first kappa shape index (κ1) is 13.1. The van der Waals surface area contributed by atoms with Crippen LogP contribution in [0.15, 0.2) is 42.6 Å². The molecule has 100 valence electrons. The first-order chi connectivity index (χ1) is 9.38. The van der Waals surface area contributed by atoms with E-state index in [-0.39, 0.29) is 0 Å². The van der Waals surface area contributed by atoms with Gasteiger partial charge in [0.15, 0.2) is 0 Å². The van der Waals surface area contributed by atoms with Gasteiger partial charge in [-0.3, -0.25) is 5.43 Å². The van der Waals surface area contributed by atoms with Gasteiger partial charge in [0.05, 0.1) is 6.61 Å². The van der Waals surface area contributed by atoms with E-state index in [0.717, 1.165) is 24.5 Å². The van der Waals surface area contributed by atoms with Crippen molar-refractivity contribution >= 4 is 11.8 Å². The van der Waals surface area contributed by atoms with E-state index in [2.05, 4.69) is 20.7 Å². The molecule has 6 nitrogen and oxygen atoms in total. The molecular formula is C13H17N5O. The number of benzene rings is 1. The molecule has 0 atom stereocenters. The summed E-state index contributed by atoms with van der Waals surface area (Å²) in [6.45, 7) is 1.43. The smallest absolute Gasteiger partial charge is 0.239 e. The number of nitrogen functional groups attached to an aromatic ring is 1. The third-order valence-electron chi connectivity index (χ3n) is 2.42. The van der Waals surface area contributed by atoms with Crippen LogP contribution in [-0.4, -0.2) is 23.1 Å². The standard InChI is InChI=1S/C13H17N5O/c14-18-13-16-9-7-12(17-13)15-8-4-10-19-11-5-2-1-3-6-11/h1-3,5-7,9H,4,8,10,14H2,(H2,15,16,17,18). The van der Waals surface area contributed by atoms with Gasteiger partial charge in [0, 0.05) is 12.7 Å². The summed E-state index contributed by atoms with van der Waals surface area (Å²) in [6, 6.07) is 11.5. The monoisotopic (exact) mass is 259 g/mol. The molecule has 4 N–H and O–H groups in total. The Hall–Kier alpha value is -2.34. The summed E-state index contributed by atoms with van der Waals surface area (Å²) in [5, 5.41) is 3.18. The van der Waals surface area contributed by atoms with E-state index in [1.807, 2.05) is 30.3 Å². The second-order valence-electron chi connectivity index (χ2n) is 3.85. The molecule has 1 aromatic heterocycles. The highest BCUT2D eigenvalue weighted by Crippen LogP contribution is 2.08. The van der Waals surface area contributed by atoms with Crippen molar-refractivity contribution in [2.75, 3.05) is 23.9 Å². The van der Waals surface area contributed by atoms with Crippen LogP contribution in [0, 0.1) is 0 Å². The zero-order valence-electron chi connectivity index (χ0n) is 10.5. The fourth-order valence-electron chi connectivity index (χ4n) is 1.52. The highest BCUT2D eigenvalue weighted by Gasteiger charge is 1.97. The van der Waals surface area contributed by atoms with E-state index in [4.69, 9.17) is 10.6 Å². The zero-order valence-corrected chi connectivity index (χ0v) is 10.5. The Morgan fingerprint density at radius 2 is 2.00 bits per heavy atom. The van der Waals surface area contributed by atoms with E-state index in [9.17, 15) is 0 Å². The van der Waals surface area contributed by atoms with E-state index in [1.165, 1.54) is 0 Å². The fraction of sp³-hybridized carbons (Fsp3) is 0.231. The van der Waals surface area contributed by atoms with Gasteiger partial charge < -0.3 is 10.1 Å². The Kier molecular flexibility index (Phi) is 4.95. The average Bonchev–Trinajstić information content (AvgIpc) is 2.48. The number of nitrogens with one attached hydrogen (secondary N) is 2. The highest BCUT2D eigenvalue weighted by atomic mass is 16.5. The summed E-state index contributed by atoms with van der Waals surface area (Å²) < 4.78 is 5.58. The number of nitrogens with two attached hydrogens (primary N) is 1. The Bertz CT molecular complexity index is 491. The summed E-state index contributed by atoms with van der Waals surface area (Å²) >= 11 is 0. The van der Waals surface area contributed by atoms with Crippen LogP contribution in [0.25, 0.3) is 0 Å². The minimum absolute atomic E-state index is 0.394. The van der Waals surface area contributed by atoms with Crippen LogP contribution in [0.1, 0.15) is 6.42 Å². The van der Waals surface area contributed by atoms with Crippen molar-refractivity contribution in [3.05, 3.63) is 42.6 Å². The number of aromatic nitrogens is 2. The molecule has 0 aliphatic heterocycles. The summed E-state index contributed by atoms with van der Waals surface area (Å²) in [5.41, 5.74) is 2.40. The van der Waals surface area contributed by atoms with E-state index in [0.29, 0.717) is 12.6 Å². The summed E-state index contributed by atoms with van der Waals surface area (Å²) in [5.74, 6) is 7.26. The van der Waals surface area contributed by atoms with Gasteiger partial charge in [-0.2, -0.15) is 4.98 Å². The van der Waals surface area contributed by atoms with Gasteiger partial charge in [0.25, 0.3) is 0 Å². The van der Waals surface area contributed by atoms with E-state index < -0.39 is 0 Å². The van der Waals surface area contributed by atoms with Crippen molar-refractivity contribution in [3.63, 3.8) is 0 Å². The fourth-order valence-corrected chi connectivity index (χ4v) is 1.52. The van der Waals surface area contributed by atoms with Gasteiger partial charge in [-0.05, 0) is 24.6 Å². The number of hydrogen-bond donors (Lipinski definition) is 3. The molecule has 2 aromatic rings. The maximum Gasteiger partial charge on any atom is 0.239 e. The van der Waals surface area contributed by atoms with Crippen LogP contribution in [-0.2, 0) is 0 Å². The predicted molar refractivity (Wildman–Crippen MR) is 74.9 cm³/mol. The second kappa shape index (κ2) is 7.17. The lowest BCUT2D eigenvalue weighted by Gasteiger charge is -2.08. The third kappa shape index (κ3) is 4.44. The number of hydrogen-bond acceptors (Lipinski definition) is 6. The normalized spacial score (nSPS) is 9.95. The molecule has 0 saturated carbocycles. The number of anilines is 2. The lowest BCUT2D eigenvalue weighted by Crippen LogP contribution is -2.12. The van der Waals surface area contributed by atoms with Gasteiger partial charge in [0.1, 0.15) is 11.6 Å². The molecule has 0 fully saturated rings. The van der Waals surface area contributed by atoms with Crippen molar-refractivity contribution in [1.82, 2.24) is 9.97 Å². The lowest BCUT2D eigenvalue weighted by molar-refractivity contribution is 0.315. The molecular weight excluding hydrogens is 242 g/mol. The molecule has 0 amide bonds. The first-order valence-corrected chi connectivity index (χ1v) is 6.10. The highest BCUT2D eigenvalue weighted by molar-refractivity contribution is 5.38. The molecule has 0 unspecified atom stereocenters. The van der Waals surface area contributed by atoms with Crippen molar-refractivity contribution in [2.24, 2.45) is 5.84 Å². The van der Waals surface area contributed by atoms with Gasteiger partial charge in [0.2, 0.25) is 5.95 Å². The number of rotatable bonds is 7. The average molecular weight is 259 g/mol. The number of ether oxygens (including phenoxy) is 1. The molecule has 0 aliphatic rings. The van der Waals surface area contributed by atoms with Gasteiger partial charge in [-0.15, -0.1) is 0 Å². The van der Waals surface area contributed by atoms with Crippen LogP contribution in [0.3, 0.4) is 0 Å². The molecule has 2 rings (SSSR count). The van der Waals surface area contributed by atoms with Crippen LogP contribution >= 0.6 is 0 Å². The quantitative estimate of drug-likeness (QED) is 0.398. The molecule has 1 heterocycles. The lowest BCUT2D eigenvalue weighted by atomic mass is 10.3. The molecule has 19 heavy (non-hydrogen) atoms. The summed E-state index contributed by atoms with van der Waals surface area (Å²) in [7, 11) is 0. The number of nitrogens with zero attached hydrogens (tertiary/aromatic N) is 2. The Balaban J connectivity index is 1.66. The summed E-state index contributed by atoms with van der Waals surface area (Å²) in [4.78, 5) is 8.08. The predicted octanol–water partition coefficient (Wildman–Crippen LogP) is 1.64. The van der Waals surface area contributed by atoms with Crippen LogP contribution in [0.5, 0.6) is 5.75 Å². The Labute approximate surface area is 112 Å². The van der Waals surface area contributed by atoms with Crippen LogP contribution in [0.2, 0.25) is 0 Å². The molecule has 6 heteroatoms. The van der Waals surface area contributed by atoms with Gasteiger partial charge >= 0.3 is 0 Å². The van der Waals surface area contributed by atoms with Crippen molar-refractivity contribution < 1.29 is 4.74 Å². The first-order valence-electron chi connectivity index (χ1n) is 6.10. The Morgan fingerprint density at radius 3 is 2.79 bits per heavy atom. The van der Waals surface area contributed by atoms with E-state index >= 15 is 0 Å². The number of hydrazine groups is 1. The van der Waals surface area contributed by atoms with Gasteiger partial charge in [-0.25, -0.2) is 10.8 Å². The topological polar surface area (TPSA) is 85.1 Å². The molecule has 1 aromatic carbocycles. The third-order valence-corrected chi connectivity index (χ3v) is 2.42. The minimum Gasteiger partial charge on any atom is -0.494 e. The van der Waals surface area contributed by atoms with Crippen molar-refractivity contribution in [1.29, 1.82) is 0 Å². The largest absolute Gasteiger partial charge is 0.494 e. The maximum atomic E-state index is 5.58. The SMILES string of the molecule is NNc1nccc(NCCCOc2ccccc2)n1. The molecule has 0 saturated heterocycles. The molecule has 0 bridgehead atoms. The Morgan fingerprint density at radius 1 is 1.16 bits per heavy atom. The molecule has 0 radical (unpaired) electrons. The molecule has 0 aliphatic carbocycles. The van der Waals surface area contributed by atoms with Crippen LogP contribution in [0.4, 0.5) is 11.8 Å². The second-order valence-corrected chi connectivity index (χ2v) is 3.85. The minimum atomic E-state index is 0.394. The van der Waals surface area contributed by atoms with Crippen LogP contribution < -0.4 is 21.3 Å². The van der Waals surface area contributed by atoms with Gasteiger partial charge in [-0.1, -0.05) is 18.2 Å². The van der Waals surface area contributed by atoms with E-state index in [1.54, 1.807) is 12.3 Å². The molecule has 0 spiro atoms. The maximum absolute atomic E-state index is 5.58. The number of para-hydroxylation sites is 1. The van der Waals surface area contributed by atoms with Crippen molar-refractivity contribution in [3.8, 4) is 5.75 Å². The van der Waals surface area contributed by atoms with Crippen molar-refractivity contribution in [2.45, 2.75) is 6.42 Å². The summed E-state index contributed by atoms with van der Waals surface area (Å²) in [6.07, 6.45) is 2.52.